The van der Waals surface area contributed by atoms with E-state index in [0.717, 1.165) is 0 Å². The van der Waals surface area contributed by atoms with E-state index >= 15 is 0 Å². The minimum absolute atomic E-state index is 0.0263. The van der Waals surface area contributed by atoms with Gasteiger partial charge in [0.1, 0.15) is 11.4 Å². The van der Waals surface area contributed by atoms with E-state index in [4.69, 9.17) is 10.2 Å². The summed E-state index contributed by atoms with van der Waals surface area (Å²) in [6, 6.07) is 0. The number of aldehydes is 1. The van der Waals surface area contributed by atoms with Crippen molar-refractivity contribution in [2.24, 2.45) is 0 Å². The number of hydrogen-bond acceptors (Lipinski definition) is 5. The summed E-state index contributed by atoms with van der Waals surface area (Å²) < 4.78 is 0. The van der Waals surface area contributed by atoms with Gasteiger partial charge in [-0.15, -0.1) is 0 Å². The van der Waals surface area contributed by atoms with Gasteiger partial charge >= 0.3 is 0 Å². The quantitative estimate of drug-likeness (QED) is 0.554. The molecule has 5 heteroatoms. The van der Waals surface area contributed by atoms with Crippen molar-refractivity contribution in [3.05, 3.63) is 23.0 Å². The van der Waals surface area contributed by atoms with Crippen LogP contribution in [0.3, 0.4) is 0 Å². The Kier molecular flexibility index (Phi) is 2.94. The third kappa shape index (κ3) is 1.66. The maximum atomic E-state index is 10.5. The lowest BCUT2D eigenvalue weighted by atomic mass is 10.1. The van der Waals surface area contributed by atoms with Crippen LogP contribution in [0.15, 0.2) is 6.20 Å². The largest absolute Gasteiger partial charge is 0.505 e. The SMILES string of the molecule is O=Cc1c(CO)cnc(CO)c1O. The number of carbonyl (C=O) groups is 1. The van der Waals surface area contributed by atoms with Crippen LogP contribution < -0.4 is 0 Å². The van der Waals surface area contributed by atoms with E-state index in [1.54, 1.807) is 0 Å². The first-order valence-electron chi connectivity index (χ1n) is 3.61. The standard InChI is InChI=1S/C8H9NO4/c10-2-5-1-9-7(4-12)8(13)6(5)3-11/h1,3,10,12-13H,2,4H2. The highest BCUT2D eigenvalue weighted by atomic mass is 16.3. The van der Waals surface area contributed by atoms with E-state index < -0.39 is 6.61 Å². The molecular formula is C8H9NO4. The zero-order valence-electron chi connectivity index (χ0n) is 6.77. The van der Waals surface area contributed by atoms with Gasteiger partial charge in [-0.1, -0.05) is 0 Å². The van der Waals surface area contributed by atoms with Crippen LogP contribution in [-0.2, 0) is 13.2 Å². The molecule has 5 nitrogen and oxygen atoms in total. The second kappa shape index (κ2) is 3.97. The van der Waals surface area contributed by atoms with E-state index in [0.29, 0.717) is 6.29 Å². The van der Waals surface area contributed by atoms with Crippen LogP contribution in [0.4, 0.5) is 0 Å². The number of aromatic nitrogens is 1. The highest BCUT2D eigenvalue weighted by Crippen LogP contribution is 2.22. The van der Waals surface area contributed by atoms with Crippen molar-refractivity contribution < 1.29 is 20.1 Å². The number of hydrogen-bond donors (Lipinski definition) is 3. The summed E-state index contributed by atoms with van der Waals surface area (Å²) in [7, 11) is 0. The Morgan fingerprint density at radius 2 is 2.08 bits per heavy atom. The van der Waals surface area contributed by atoms with Gasteiger partial charge in [0.25, 0.3) is 0 Å². The third-order valence-corrected chi connectivity index (χ3v) is 1.69. The Hall–Kier alpha value is -1.46. The summed E-state index contributed by atoms with van der Waals surface area (Å²) in [6.45, 7) is -0.821. The molecule has 0 aliphatic rings. The summed E-state index contributed by atoms with van der Waals surface area (Å²) in [5.74, 6) is -0.371. The molecule has 0 saturated carbocycles. The van der Waals surface area contributed by atoms with E-state index in [9.17, 15) is 9.90 Å². The Morgan fingerprint density at radius 1 is 1.38 bits per heavy atom. The molecule has 1 aromatic rings. The van der Waals surface area contributed by atoms with Gasteiger partial charge in [0.2, 0.25) is 0 Å². The molecule has 1 heterocycles. The summed E-state index contributed by atoms with van der Waals surface area (Å²) in [6.07, 6.45) is 1.66. The van der Waals surface area contributed by atoms with Crippen molar-refractivity contribution in [3.8, 4) is 5.75 Å². The fourth-order valence-corrected chi connectivity index (χ4v) is 0.967. The lowest BCUT2D eigenvalue weighted by Crippen LogP contribution is -1.99. The maximum Gasteiger partial charge on any atom is 0.154 e. The van der Waals surface area contributed by atoms with Crippen molar-refractivity contribution in [1.82, 2.24) is 4.98 Å². The van der Waals surface area contributed by atoms with Gasteiger partial charge in [-0.3, -0.25) is 9.78 Å². The molecule has 70 valence electrons. The normalized spacial score (nSPS) is 10.0. The van der Waals surface area contributed by atoms with Crippen molar-refractivity contribution in [2.45, 2.75) is 13.2 Å². The van der Waals surface area contributed by atoms with Crippen molar-refractivity contribution in [1.29, 1.82) is 0 Å². The minimum atomic E-state index is -0.446. The lowest BCUT2D eigenvalue weighted by molar-refractivity contribution is 0.111. The van der Waals surface area contributed by atoms with Crippen molar-refractivity contribution in [2.75, 3.05) is 0 Å². The predicted octanol–water partition coefficient (Wildman–Crippen LogP) is -0.416. The summed E-state index contributed by atoms with van der Waals surface area (Å²) in [4.78, 5) is 14.2. The van der Waals surface area contributed by atoms with Crippen molar-refractivity contribution in [3.63, 3.8) is 0 Å². The fourth-order valence-electron chi connectivity index (χ4n) is 0.967. The molecule has 0 bridgehead atoms. The van der Waals surface area contributed by atoms with Gasteiger partial charge in [0.15, 0.2) is 6.29 Å². The molecular weight excluding hydrogens is 174 g/mol. The summed E-state index contributed by atoms with van der Waals surface area (Å²) >= 11 is 0. The molecule has 0 fully saturated rings. The van der Waals surface area contributed by atoms with Gasteiger partial charge < -0.3 is 15.3 Å². The molecule has 0 radical (unpaired) electrons. The molecule has 13 heavy (non-hydrogen) atoms. The van der Waals surface area contributed by atoms with Gasteiger partial charge in [0, 0.05) is 11.8 Å². The molecule has 0 unspecified atom stereocenters. The molecule has 0 atom stereocenters. The first-order chi connectivity index (χ1) is 6.24. The van der Waals surface area contributed by atoms with Crippen LogP contribution in [0, 0.1) is 0 Å². The second-order valence-corrected chi connectivity index (χ2v) is 2.43. The zero-order chi connectivity index (χ0) is 9.84. The molecule has 1 rings (SSSR count). The number of aliphatic hydroxyl groups excluding tert-OH is 2. The number of nitrogens with zero attached hydrogens (tertiary/aromatic N) is 1. The Morgan fingerprint density at radius 3 is 2.54 bits per heavy atom. The van der Waals surface area contributed by atoms with E-state index in [2.05, 4.69) is 4.98 Å². The molecule has 0 saturated heterocycles. The number of carbonyl (C=O) groups excluding carboxylic acids is 1. The average molecular weight is 183 g/mol. The topological polar surface area (TPSA) is 90.7 Å². The maximum absolute atomic E-state index is 10.5. The first-order valence-corrected chi connectivity index (χ1v) is 3.61. The van der Waals surface area contributed by atoms with Crippen LogP contribution in [0.1, 0.15) is 21.6 Å². The van der Waals surface area contributed by atoms with E-state index in [1.165, 1.54) is 6.20 Å². The van der Waals surface area contributed by atoms with E-state index in [1.807, 2.05) is 0 Å². The van der Waals surface area contributed by atoms with Gasteiger partial charge in [0.05, 0.1) is 18.8 Å². The highest BCUT2D eigenvalue weighted by molar-refractivity contribution is 5.81. The van der Waals surface area contributed by atoms with Crippen LogP contribution in [0.2, 0.25) is 0 Å². The van der Waals surface area contributed by atoms with Crippen LogP contribution in [0.5, 0.6) is 5.75 Å². The molecule has 0 spiro atoms. The molecule has 0 aliphatic carbocycles. The molecule has 0 aliphatic heterocycles. The summed E-state index contributed by atoms with van der Waals surface area (Å²) in [5, 5.41) is 26.8. The summed E-state index contributed by atoms with van der Waals surface area (Å²) in [5.41, 5.74) is 0.241. The third-order valence-electron chi connectivity index (χ3n) is 1.69. The number of pyridine rings is 1. The van der Waals surface area contributed by atoms with Crippen LogP contribution in [-0.4, -0.2) is 26.6 Å². The monoisotopic (exact) mass is 183 g/mol. The van der Waals surface area contributed by atoms with Crippen LogP contribution in [0.25, 0.3) is 0 Å². The number of aromatic hydroxyl groups is 1. The molecule has 0 amide bonds. The van der Waals surface area contributed by atoms with Gasteiger partial charge in [-0.25, -0.2) is 0 Å². The van der Waals surface area contributed by atoms with Crippen LogP contribution >= 0.6 is 0 Å². The fraction of sp³-hybridized carbons (Fsp3) is 0.250. The first kappa shape index (κ1) is 9.63. The Labute approximate surface area is 74.3 Å². The smallest absolute Gasteiger partial charge is 0.154 e. The van der Waals surface area contributed by atoms with Gasteiger partial charge in [-0.05, 0) is 0 Å². The second-order valence-electron chi connectivity index (χ2n) is 2.43. The number of aliphatic hydroxyl groups is 2. The van der Waals surface area contributed by atoms with E-state index in [-0.39, 0.29) is 29.2 Å². The Balaban J connectivity index is 3.31. The zero-order valence-corrected chi connectivity index (χ0v) is 6.77. The lowest BCUT2D eigenvalue weighted by Gasteiger charge is -2.06. The molecule has 0 aromatic carbocycles. The van der Waals surface area contributed by atoms with Crippen molar-refractivity contribution >= 4 is 6.29 Å². The molecule has 1 aromatic heterocycles. The Bertz CT molecular complexity index is 324. The van der Waals surface area contributed by atoms with Gasteiger partial charge in [-0.2, -0.15) is 0 Å². The predicted molar refractivity (Wildman–Crippen MR) is 43.1 cm³/mol. The molecule has 3 N–H and O–H groups in total. The number of rotatable bonds is 3. The highest BCUT2D eigenvalue weighted by Gasteiger charge is 2.11. The average Bonchev–Trinajstić information content (AvgIpc) is 2.17. The minimum Gasteiger partial charge on any atom is -0.505 e.